The fraction of sp³-hybridized carbons (Fsp3) is 0.250. The lowest BCUT2D eigenvalue weighted by molar-refractivity contribution is 0.391. The Morgan fingerprint density at radius 3 is 2.86 bits per heavy atom. The highest BCUT2D eigenvalue weighted by Gasteiger charge is 2.12. The molecule has 5 nitrogen and oxygen atoms in total. The summed E-state index contributed by atoms with van der Waals surface area (Å²) in [6, 6.07) is 12.0. The number of fused-ring (bicyclic) bond motifs is 1. The van der Waals surface area contributed by atoms with E-state index in [1.807, 2.05) is 30.3 Å². The van der Waals surface area contributed by atoms with Gasteiger partial charge in [-0.1, -0.05) is 18.2 Å². The van der Waals surface area contributed by atoms with Crippen molar-refractivity contribution in [2.24, 2.45) is 5.73 Å². The predicted molar refractivity (Wildman–Crippen MR) is 82.4 cm³/mol. The van der Waals surface area contributed by atoms with Gasteiger partial charge in [-0.2, -0.15) is 0 Å². The fourth-order valence-corrected chi connectivity index (χ4v) is 2.52. The third kappa shape index (κ3) is 2.60. The van der Waals surface area contributed by atoms with Crippen molar-refractivity contribution in [1.82, 2.24) is 14.5 Å². The van der Waals surface area contributed by atoms with Crippen molar-refractivity contribution in [2.75, 3.05) is 13.7 Å². The van der Waals surface area contributed by atoms with Gasteiger partial charge in [0.05, 0.1) is 24.7 Å². The molecule has 2 heterocycles. The van der Waals surface area contributed by atoms with E-state index in [9.17, 15) is 0 Å². The standard InChI is InChI=1S/C16H18N4O/c1-21-16-12(5-4-10-18-16)11-20-14-7-3-2-6-13(14)19-15(20)8-9-17/h2-7,10H,8-9,11,17H2,1H3. The van der Waals surface area contributed by atoms with Crippen molar-refractivity contribution in [3.63, 3.8) is 0 Å². The van der Waals surface area contributed by atoms with Gasteiger partial charge in [0.25, 0.3) is 0 Å². The van der Waals surface area contributed by atoms with Gasteiger partial charge in [0, 0.05) is 18.2 Å². The van der Waals surface area contributed by atoms with Crippen LogP contribution in [0.4, 0.5) is 0 Å². The summed E-state index contributed by atoms with van der Waals surface area (Å²) in [6.07, 6.45) is 2.48. The van der Waals surface area contributed by atoms with Gasteiger partial charge in [0.2, 0.25) is 5.88 Å². The quantitative estimate of drug-likeness (QED) is 0.777. The van der Waals surface area contributed by atoms with Gasteiger partial charge >= 0.3 is 0 Å². The molecular formula is C16H18N4O. The van der Waals surface area contributed by atoms with Crippen molar-refractivity contribution in [2.45, 2.75) is 13.0 Å². The first-order chi connectivity index (χ1) is 10.3. The van der Waals surface area contributed by atoms with Crippen molar-refractivity contribution in [1.29, 1.82) is 0 Å². The van der Waals surface area contributed by atoms with E-state index in [2.05, 4.69) is 20.6 Å². The highest BCUT2D eigenvalue weighted by atomic mass is 16.5. The molecule has 5 heteroatoms. The van der Waals surface area contributed by atoms with Crippen LogP contribution in [0.1, 0.15) is 11.4 Å². The summed E-state index contributed by atoms with van der Waals surface area (Å²) < 4.78 is 7.52. The second-order valence-corrected chi connectivity index (χ2v) is 4.81. The van der Waals surface area contributed by atoms with Crippen LogP contribution in [0.15, 0.2) is 42.6 Å². The molecule has 0 aliphatic heterocycles. The Kier molecular flexibility index (Phi) is 3.83. The van der Waals surface area contributed by atoms with E-state index in [0.717, 1.165) is 28.8 Å². The lowest BCUT2D eigenvalue weighted by Crippen LogP contribution is -2.11. The Balaban J connectivity index is 2.08. The summed E-state index contributed by atoms with van der Waals surface area (Å²) in [5.74, 6) is 1.64. The predicted octanol–water partition coefficient (Wildman–Crippen LogP) is 1.99. The van der Waals surface area contributed by atoms with Gasteiger partial charge in [0.1, 0.15) is 5.82 Å². The molecule has 0 aliphatic rings. The smallest absolute Gasteiger partial charge is 0.218 e. The Bertz CT molecular complexity index is 751. The van der Waals surface area contributed by atoms with Gasteiger partial charge < -0.3 is 15.0 Å². The zero-order valence-electron chi connectivity index (χ0n) is 12.0. The molecule has 0 amide bonds. The summed E-state index contributed by atoms with van der Waals surface area (Å²) >= 11 is 0. The number of hydrogen-bond donors (Lipinski definition) is 1. The Labute approximate surface area is 123 Å². The minimum Gasteiger partial charge on any atom is -0.481 e. The molecule has 2 N–H and O–H groups in total. The second-order valence-electron chi connectivity index (χ2n) is 4.81. The molecule has 0 aliphatic carbocycles. The number of nitrogens with two attached hydrogens (primary N) is 1. The molecule has 0 bridgehead atoms. The number of hydrogen-bond acceptors (Lipinski definition) is 4. The summed E-state index contributed by atoms with van der Waals surface area (Å²) in [7, 11) is 1.64. The summed E-state index contributed by atoms with van der Waals surface area (Å²) in [5.41, 5.74) is 8.83. The molecule has 0 spiro atoms. The van der Waals surface area contributed by atoms with Gasteiger partial charge in [-0.25, -0.2) is 9.97 Å². The van der Waals surface area contributed by atoms with E-state index in [0.29, 0.717) is 19.0 Å². The topological polar surface area (TPSA) is 66.0 Å². The third-order valence-electron chi connectivity index (χ3n) is 3.47. The number of methoxy groups -OCH3 is 1. The number of imidazole rings is 1. The first kappa shape index (κ1) is 13.6. The molecule has 0 radical (unpaired) electrons. The minimum absolute atomic E-state index is 0.577. The maximum atomic E-state index is 5.71. The third-order valence-corrected chi connectivity index (χ3v) is 3.47. The number of benzene rings is 1. The molecule has 0 saturated carbocycles. The molecular weight excluding hydrogens is 264 g/mol. The number of para-hydroxylation sites is 2. The number of ether oxygens (including phenoxy) is 1. The molecule has 1 aromatic carbocycles. The second kappa shape index (κ2) is 5.93. The average molecular weight is 282 g/mol. The van der Waals surface area contributed by atoms with Crippen LogP contribution in [0.3, 0.4) is 0 Å². The van der Waals surface area contributed by atoms with E-state index < -0.39 is 0 Å². The van der Waals surface area contributed by atoms with Crippen molar-refractivity contribution in [3.8, 4) is 5.88 Å². The van der Waals surface area contributed by atoms with Gasteiger partial charge in [-0.15, -0.1) is 0 Å². The molecule has 2 aromatic heterocycles. The number of rotatable bonds is 5. The van der Waals surface area contributed by atoms with E-state index in [1.165, 1.54) is 0 Å². The Hall–Kier alpha value is -2.40. The number of pyridine rings is 1. The lowest BCUT2D eigenvalue weighted by atomic mass is 10.2. The molecule has 108 valence electrons. The highest BCUT2D eigenvalue weighted by Crippen LogP contribution is 2.21. The first-order valence-electron chi connectivity index (χ1n) is 6.95. The highest BCUT2D eigenvalue weighted by molar-refractivity contribution is 5.76. The van der Waals surface area contributed by atoms with E-state index in [1.54, 1.807) is 13.3 Å². The molecule has 0 atom stereocenters. The van der Waals surface area contributed by atoms with Crippen LogP contribution in [-0.2, 0) is 13.0 Å². The van der Waals surface area contributed by atoms with Crippen molar-refractivity contribution < 1.29 is 4.74 Å². The van der Waals surface area contributed by atoms with Gasteiger partial charge in [0.15, 0.2) is 0 Å². The average Bonchev–Trinajstić information content (AvgIpc) is 2.86. The van der Waals surface area contributed by atoms with Crippen molar-refractivity contribution in [3.05, 3.63) is 54.0 Å². The number of nitrogens with zero attached hydrogens (tertiary/aromatic N) is 3. The first-order valence-corrected chi connectivity index (χ1v) is 6.95. The lowest BCUT2D eigenvalue weighted by Gasteiger charge is -2.11. The SMILES string of the molecule is COc1ncccc1Cn1c(CCN)nc2ccccc21. The van der Waals surface area contributed by atoms with Crippen molar-refractivity contribution >= 4 is 11.0 Å². The van der Waals surface area contributed by atoms with Crippen LogP contribution in [0.25, 0.3) is 11.0 Å². The molecule has 3 rings (SSSR count). The maximum absolute atomic E-state index is 5.71. The van der Waals surface area contributed by atoms with Crippen LogP contribution in [0.5, 0.6) is 5.88 Å². The molecule has 0 saturated heterocycles. The van der Waals surface area contributed by atoms with E-state index in [4.69, 9.17) is 10.5 Å². The molecule has 3 aromatic rings. The zero-order chi connectivity index (χ0) is 14.7. The zero-order valence-corrected chi connectivity index (χ0v) is 12.0. The monoisotopic (exact) mass is 282 g/mol. The molecule has 0 unspecified atom stereocenters. The van der Waals surface area contributed by atoms with Crippen LogP contribution in [0.2, 0.25) is 0 Å². The fourth-order valence-electron chi connectivity index (χ4n) is 2.52. The van der Waals surface area contributed by atoms with Crippen LogP contribution in [0, 0.1) is 0 Å². The molecule has 0 fully saturated rings. The van der Waals surface area contributed by atoms with Crippen LogP contribution in [-0.4, -0.2) is 28.2 Å². The van der Waals surface area contributed by atoms with Crippen LogP contribution >= 0.6 is 0 Å². The largest absolute Gasteiger partial charge is 0.481 e. The van der Waals surface area contributed by atoms with Crippen LogP contribution < -0.4 is 10.5 Å². The maximum Gasteiger partial charge on any atom is 0.218 e. The number of aromatic nitrogens is 3. The van der Waals surface area contributed by atoms with E-state index >= 15 is 0 Å². The summed E-state index contributed by atoms with van der Waals surface area (Å²) in [4.78, 5) is 8.93. The van der Waals surface area contributed by atoms with E-state index in [-0.39, 0.29) is 0 Å². The van der Waals surface area contributed by atoms with Gasteiger partial charge in [-0.3, -0.25) is 0 Å². The Morgan fingerprint density at radius 1 is 1.19 bits per heavy atom. The Morgan fingerprint density at radius 2 is 2.05 bits per heavy atom. The normalized spacial score (nSPS) is 11.0. The minimum atomic E-state index is 0.577. The summed E-state index contributed by atoms with van der Waals surface area (Å²) in [5, 5.41) is 0. The summed E-state index contributed by atoms with van der Waals surface area (Å²) in [6.45, 7) is 1.25. The van der Waals surface area contributed by atoms with Gasteiger partial charge in [-0.05, 0) is 24.7 Å². The molecule has 21 heavy (non-hydrogen) atoms.